The summed E-state index contributed by atoms with van der Waals surface area (Å²) in [6.07, 6.45) is 5.25. The first-order chi connectivity index (χ1) is 14.2. The summed E-state index contributed by atoms with van der Waals surface area (Å²) >= 11 is 0. The third kappa shape index (κ3) is 6.55. The maximum absolute atomic E-state index is 13.2. The van der Waals surface area contributed by atoms with Gasteiger partial charge in [0.1, 0.15) is 5.75 Å². The number of Topliss-reactive ketones (excluding diaryl/α,β-unsaturated/α-hetero) is 1. The van der Waals surface area contributed by atoms with E-state index in [2.05, 4.69) is 5.32 Å². The molecule has 0 spiro atoms. The lowest BCUT2D eigenvalue weighted by Crippen LogP contribution is -2.52. The van der Waals surface area contributed by atoms with E-state index >= 15 is 0 Å². The minimum Gasteiger partial charge on any atom is -0.497 e. The van der Waals surface area contributed by atoms with E-state index in [0.717, 1.165) is 25.7 Å². The third-order valence-corrected chi connectivity index (χ3v) is 5.78. The largest absolute Gasteiger partial charge is 0.497 e. The van der Waals surface area contributed by atoms with Crippen molar-refractivity contribution in [2.24, 2.45) is 17.3 Å². The number of ketones is 1. The highest BCUT2D eigenvalue weighted by molar-refractivity contribution is 6.02. The van der Waals surface area contributed by atoms with Crippen LogP contribution in [-0.2, 0) is 9.59 Å². The lowest BCUT2D eigenvalue weighted by molar-refractivity contribution is -0.155. The Labute approximate surface area is 178 Å². The van der Waals surface area contributed by atoms with Crippen LogP contribution in [0.15, 0.2) is 24.3 Å². The minimum atomic E-state index is -0.743. The lowest BCUT2D eigenvalue weighted by Gasteiger charge is -2.32. The summed E-state index contributed by atoms with van der Waals surface area (Å²) in [5.41, 5.74) is -0.0335. The van der Waals surface area contributed by atoms with Crippen molar-refractivity contribution >= 4 is 18.1 Å². The van der Waals surface area contributed by atoms with E-state index < -0.39 is 17.4 Å². The molecule has 2 rings (SSSR count). The number of hydrogen-bond acceptors (Lipinski definition) is 5. The van der Waals surface area contributed by atoms with Crippen LogP contribution in [0.1, 0.15) is 63.2 Å². The fourth-order valence-electron chi connectivity index (χ4n) is 4.04. The number of rotatable bonds is 10. The molecule has 2 N–H and O–H groups in total. The Morgan fingerprint density at radius 3 is 2.33 bits per heavy atom. The second-order valence-corrected chi connectivity index (χ2v) is 9.21. The molecule has 0 bridgehead atoms. The van der Waals surface area contributed by atoms with Crippen molar-refractivity contribution in [3.05, 3.63) is 29.8 Å². The Balaban J connectivity index is 2.19. The summed E-state index contributed by atoms with van der Waals surface area (Å²) in [6, 6.07) is 6.05. The molecule has 1 aromatic carbocycles. The molecule has 30 heavy (non-hydrogen) atoms. The molecule has 1 fully saturated rings. The second-order valence-electron chi connectivity index (χ2n) is 9.21. The van der Waals surface area contributed by atoms with Crippen LogP contribution >= 0.6 is 0 Å². The van der Waals surface area contributed by atoms with Gasteiger partial charge < -0.3 is 10.1 Å². The van der Waals surface area contributed by atoms with Gasteiger partial charge in [-0.1, -0.05) is 46.5 Å². The Morgan fingerprint density at radius 1 is 1.23 bits per heavy atom. The molecule has 0 aliphatic heterocycles. The molecule has 1 aliphatic carbocycles. The Kier molecular flexibility index (Phi) is 8.41. The molecule has 2 atom stereocenters. The molecule has 1 aliphatic rings. The van der Waals surface area contributed by atoms with Crippen LogP contribution in [0.5, 0.6) is 5.75 Å². The van der Waals surface area contributed by atoms with Gasteiger partial charge in [0, 0.05) is 5.56 Å². The van der Waals surface area contributed by atoms with Crippen LogP contribution in [0, 0.1) is 17.3 Å². The molecule has 7 nitrogen and oxygen atoms in total. The van der Waals surface area contributed by atoms with Gasteiger partial charge in [-0.15, -0.1) is 0 Å². The highest BCUT2D eigenvalue weighted by atomic mass is 16.5. The van der Waals surface area contributed by atoms with Crippen LogP contribution < -0.4 is 10.1 Å². The fraction of sp³-hybridized carbons (Fsp3) is 0.609. The number of benzene rings is 1. The fourth-order valence-corrected chi connectivity index (χ4v) is 4.04. The van der Waals surface area contributed by atoms with E-state index in [4.69, 9.17) is 4.74 Å². The SMILES string of the molecule is COc1ccc(C(=O)C(NC(=O)C(CC2CCCC2)CN(O)C=O)C(C)(C)C)cc1. The van der Waals surface area contributed by atoms with Gasteiger partial charge in [-0.2, -0.15) is 0 Å². The molecular formula is C23H34N2O5. The maximum atomic E-state index is 13.2. The standard InChI is InChI=1S/C23H34N2O5/c1-23(2,3)21(20(27)17-9-11-19(30-4)12-10-17)24-22(28)18(14-25(29)15-26)13-16-7-5-6-8-16/h9-12,15-16,18,21,29H,5-8,13-14H2,1-4H3,(H,24,28). The topological polar surface area (TPSA) is 95.9 Å². The number of nitrogens with one attached hydrogen (secondary N) is 1. The van der Waals surface area contributed by atoms with Crippen molar-refractivity contribution < 1.29 is 24.3 Å². The van der Waals surface area contributed by atoms with E-state index in [9.17, 15) is 19.6 Å². The Morgan fingerprint density at radius 2 is 1.83 bits per heavy atom. The summed E-state index contributed by atoms with van der Waals surface area (Å²) in [4.78, 5) is 37.2. The van der Waals surface area contributed by atoms with Gasteiger partial charge >= 0.3 is 0 Å². The number of carbonyl (C=O) groups is 3. The van der Waals surface area contributed by atoms with E-state index in [1.54, 1.807) is 31.4 Å². The average molecular weight is 419 g/mol. The van der Waals surface area contributed by atoms with Gasteiger partial charge in [0.2, 0.25) is 12.3 Å². The van der Waals surface area contributed by atoms with Crippen molar-refractivity contribution in [2.45, 2.75) is 58.9 Å². The first kappa shape index (κ1) is 23.9. The van der Waals surface area contributed by atoms with Crippen molar-refractivity contribution in [2.75, 3.05) is 13.7 Å². The van der Waals surface area contributed by atoms with E-state index in [1.807, 2.05) is 20.8 Å². The van der Waals surface area contributed by atoms with Crippen molar-refractivity contribution in [1.82, 2.24) is 10.4 Å². The van der Waals surface area contributed by atoms with Crippen LogP contribution in [-0.4, -0.2) is 48.1 Å². The zero-order chi connectivity index (χ0) is 22.3. The summed E-state index contributed by atoms with van der Waals surface area (Å²) < 4.78 is 5.15. The zero-order valence-corrected chi connectivity index (χ0v) is 18.4. The van der Waals surface area contributed by atoms with Crippen molar-refractivity contribution in [3.63, 3.8) is 0 Å². The molecule has 166 valence electrons. The predicted molar refractivity (Wildman–Crippen MR) is 113 cm³/mol. The van der Waals surface area contributed by atoms with Crippen LogP contribution in [0.2, 0.25) is 0 Å². The van der Waals surface area contributed by atoms with E-state index in [1.165, 1.54) is 0 Å². The zero-order valence-electron chi connectivity index (χ0n) is 18.4. The normalized spacial score (nSPS) is 16.6. The molecule has 7 heteroatoms. The average Bonchev–Trinajstić information content (AvgIpc) is 3.23. The Bertz CT molecular complexity index is 720. The van der Waals surface area contributed by atoms with E-state index in [0.29, 0.717) is 35.1 Å². The first-order valence-corrected chi connectivity index (χ1v) is 10.5. The molecule has 0 radical (unpaired) electrons. The molecule has 1 aromatic rings. The van der Waals surface area contributed by atoms with Gasteiger partial charge in [-0.05, 0) is 42.0 Å². The quantitative estimate of drug-likeness (QED) is 0.263. The maximum Gasteiger partial charge on any atom is 0.233 e. The number of hydrogen-bond donors (Lipinski definition) is 2. The number of nitrogens with zero attached hydrogens (tertiary/aromatic N) is 1. The molecule has 0 heterocycles. The first-order valence-electron chi connectivity index (χ1n) is 10.5. The number of hydroxylamine groups is 2. The third-order valence-electron chi connectivity index (χ3n) is 5.78. The van der Waals surface area contributed by atoms with Gasteiger partial charge in [-0.3, -0.25) is 19.6 Å². The van der Waals surface area contributed by atoms with Crippen molar-refractivity contribution in [3.8, 4) is 5.75 Å². The minimum absolute atomic E-state index is 0.0839. The number of amides is 2. The van der Waals surface area contributed by atoms with Crippen LogP contribution in [0.3, 0.4) is 0 Å². The van der Waals surface area contributed by atoms with Crippen LogP contribution in [0.4, 0.5) is 0 Å². The monoisotopic (exact) mass is 418 g/mol. The smallest absolute Gasteiger partial charge is 0.233 e. The summed E-state index contributed by atoms with van der Waals surface area (Å²) in [5.74, 6) is -0.0293. The van der Waals surface area contributed by atoms with Gasteiger partial charge in [-0.25, -0.2) is 5.06 Å². The lowest BCUT2D eigenvalue weighted by atomic mass is 9.81. The predicted octanol–water partition coefficient (Wildman–Crippen LogP) is 3.45. The number of ether oxygens (including phenoxy) is 1. The van der Waals surface area contributed by atoms with Gasteiger partial charge in [0.15, 0.2) is 5.78 Å². The number of methoxy groups -OCH3 is 1. The summed E-state index contributed by atoms with van der Waals surface area (Å²) in [7, 11) is 1.56. The van der Waals surface area contributed by atoms with Crippen molar-refractivity contribution in [1.29, 1.82) is 0 Å². The molecule has 1 saturated carbocycles. The Hall–Kier alpha value is -2.41. The highest BCUT2D eigenvalue weighted by Crippen LogP contribution is 2.31. The summed E-state index contributed by atoms with van der Waals surface area (Å²) in [5, 5.41) is 13.1. The molecule has 0 aromatic heterocycles. The second kappa shape index (κ2) is 10.6. The number of carbonyl (C=O) groups excluding carboxylic acids is 3. The van der Waals surface area contributed by atoms with Gasteiger partial charge in [0.05, 0.1) is 25.6 Å². The molecule has 2 unspecified atom stereocenters. The molecule has 0 saturated heterocycles. The van der Waals surface area contributed by atoms with Gasteiger partial charge in [0.25, 0.3) is 0 Å². The van der Waals surface area contributed by atoms with E-state index in [-0.39, 0.29) is 18.2 Å². The molecule has 2 amide bonds. The summed E-state index contributed by atoms with van der Waals surface area (Å²) in [6.45, 7) is 5.61. The highest BCUT2D eigenvalue weighted by Gasteiger charge is 2.36. The molecular weight excluding hydrogens is 384 g/mol. The van der Waals surface area contributed by atoms with Crippen LogP contribution in [0.25, 0.3) is 0 Å².